The summed E-state index contributed by atoms with van der Waals surface area (Å²) in [4.78, 5) is 24.2. The van der Waals surface area contributed by atoms with Crippen molar-refractivity contribution in [1.82, 2.24) is 0 Å². The third kappa shape index (κ3) is 4.30. The normalized spacial score (nSPS) is 10.1. The molecule has 0 radical (unpaired) electrons. The highest BCUT2D eigenvalue weighted by Crippen LogP contribution is 2.27. The largest absolute Gasteiger partial charge is 0.490 e. The maximum absolute atomic E-state index is 12.6. The van der Waals surface area contributed by atoms with Crippen LogP contribution in [0.2, 0.25) is 0 Å². The quantitative estimate of drug-likeness (QED) is 0.366. The number of aliphatic hydroxyl groups is 1. The molecule has 0 heterocycles. The monoisotopic (exact) mass is 326 g/mol. The van der Waals surface area contributed by atoms with Gasteiger partial charge in [0, 0.05) is 17.2 Å². The minimum atomic E-state index is -0.565. The Bertz CT molecular complexity index is 750. The van der Waals surface area contributed by atoms with E-state index in [1.54, 1.807) is 31.2 Å². The predicted octanol–water partition coefficient (Wildman–Crippen LogP) is 2.77. The summed E-state index contributed by atoms with van der Waals surface area (Å²) in [6.45, 7) is 4.88. The van der Waals surface area contributed by atoms with Gasteiger partial charge in [0.15, 0.2) is 5.78 Å². The van der Waals surface area contributed by atoms with Crippen molar-refractivity contribution in [3.05, 3.63) is 71.8 Å². The van der Waals surface area contributed by atoms with Crippen LogP contribution < -0.4 is 9.47 Å². The van der Waals surface area contributed by atoms with E-state index in [9.17, 15) is 9.59 Å². The number of carbonyl (C=O) groups is 2. The number of benzene rings is 2. The van der Waals surface area contributed by atoms with Gasteiger partial charge in [-0.2, -0.15) is 0 Å². The standard InChI is InChI=1S/C19H18O5/c1-13(2)19(22)24-15-8-9-16(17(12-15)23-11-10-20)18(21)14-6-4-3-5-7-14/h3-9,12,20H,1,10-11H2,2H3. The van der Waals surface area contributed by atoms with Gasteiger partial charge in [0.05, 0.1) is 12.2 Å². The zero-order valence-corrected chi connectivity index (χ0v) is 13.3. The molecule has 0 saturated heterocycles. The molecule has 24 heavy (non-hydrogen) atoms. The first-order valence-corrected chi connectivity index (χ1v) is 7.38. The second-order valence-corrected chi connectivity index (χ2v) is 5.10. The minimum Gasteiger partial charge on any atom is -0.490 e. The van der Waals surface area contributed by atoms with Crippen molar-refractivity contribution in [2.75, 3.05) is 13.2 Å². The number of esters is 1. The van der Waals surface area contributed by atoms with Gasteiger partial charge in [-0.25, -0.2) is 4.79 Å². The van der Waals surface area contributed by atoms with E-state index in [4.69, 9.17) is 14.6 Å². The molecule has 0 saturated carbocycles. The van der Waals surface area contributed by atoms with E-state index in [1.165, 1.54) is 18.2 Å². The fraction of sp³-hybridized carbons (Fsp3) is 0.158. The van der Waals surface area contributed by atoms with E-state index in [-0.39, 0.29) is 36.1 Å². The van der Waals surface area contributed by atoms with Crippen molar-refractivity contribution in [3.8, 4) is 11.5 Å². The molecule has 2 aromatic rings. The number of aliphatic hydroxyl groups excluding tert-OH is 1. The van der Waals surface area contributed by atoms with Gasteiger partial charge in [-0.15, -0.1) is 0 Å². The van der Waals surface area contributed by atoms with Gasteiger partial charge >= 0.3 is 5.97 Å². The van der Waals surface area contributed by atoms with Crippen LogP contribution in [-0.4, -0.2) is 30.1 Å². The number of hydrogen-bond acceptors (Lipinski definition) is 5. The molecule has 0 amide bonds. The Morgan fingerprint density at radius 1 is 1.12 bits per heavy atom. The molecule has 124 valence electrons. The van der Waals surface area contributed by atoms with Crippen molar-refractivity contribution < 1.29 is 24.2 Å². The van der Waals surface area contributed by atoms with Gasteiger partial charge in [0.1, 0.15) is 18.1 Å². The van der Waals surface area contributed by atoms with Crippen LogP contribution in [-0.2, 0) is 4.79 Å². The number of ketones is 1. The lowest BCUT2D eigenvalue weighted by molar-refractivity contribution is -0.130. The Labute approximate surface area is 140 Å². The Morgan fingerprint density at radius 3 is 2.46 bits per heavy atom. The SMILES string of the molecule is C=C(C)C(=O)Oc1ccc(C(=O)c2ccccc2)c(OCCO)c1. The van der Waals surface area contributed by atoms with Crippen molar-refractivity contribution in [1.29, 1.82) is 0 Å². The Balaban J connectivity index is 2.34. The van der Waals surface area contributed by atoms with E-state index in [0.29, 0.717) is 11.1 Å². The molecule has 0 fully saturated rings. The Morgan fingerprint density at radius 2 is 1.83 bits per heavy atom. The fourth-order valence-corrected chi connectivity index (χ4v) is 1.97. The first-order chi connectivity index (χ1) is 11.5. The van der Waals surface area contributed by atoms with Crippen molar-refractivity contribution in [2.45, 2.75) is 6.92 Å². The molecule has 0 atom stereocenters. The lowest BCUT2D eigenvalue weighted by atomic mass is 10.0. The number of ether oxygens (including phenoxy) is 2. The fourth-order valence-electron chi connectivity index (χ4n) is 1.97. The molecule has 0 aliphatic rings. The summed E-state index contributed by atoms with van der Waals surface area (Å²) in [6, 6.07) is 13.3. The van der Waals surface area contributed by atoms with Crippen LogP contribution in [0.4, 0.5) is 0 Å². The molecule has 0 unspecified atom stereocenters. The van der Waals surface area contributed by atoms with Gasteiger partial charge < -0.3 is 14.6 Å². The second kappa shape index (κ2) is 8.08. The van der Waals surface area contributed by atoms with Crippen LogP contribution in [0, 0.1) is 0 Å². The van der Waals surface area contributed by atoms with Gasteiger partial charge in [-0.1, -0.05) is 36.9 Å². The highest BCUT2D eigenvalue weighted by Gasteiger charge is 2.17. The number of hydrogen-bond donors (Lipinski definition) is 1. The molecule has 2 rings (SSSR count). The van der Waals surface area contributed by atoms with Gasteiger partial charge in [-0.05, 0) is 19.1 Å². The summed E-state index contributed by atoms with van der Waals surface area (Å²) in [5, 5.41) is 8.95. The first kappa shape index (κ1) is 17.4. The third-order valence-electron chi connectivity index (χ3n) is 3.14. The van der Waals surface area contributed by atoms with E-state index in [2.05, 4.69) is 6.58 Å². The van der Waals surface area contributed by atoms with Crippen LogP contribution in [0.15, 0.2) is 60.7 Å². The van der Waals surface area contributed by atoms with Crippen molar-refractivity contribution in [2.24, 2.45) is 0 Å². The van der Waals surface area contributed by atoms with Crippen molar-refractivity contribution in [3.63, 3.8) is 0 Å². The molecular weight excluding hydrogens is 308 g/mol. The molecule has 5 nitrogen and oxygen atoms in total. The molecular formula is C19H18O5. The van der Waals surface area contributed by atoms with E-state index in [1.807, 2.05) is 6.07 Å². The molecule has 0 spiro atoms. The Hall–Kier alpha value is -2.92. The Kier molecular flexibility index (Phi) is 5.87. The predicted molar refractivity (Wildman–Crippen MR) is 89.3 cm³/mol. The van der Waals surface area contributed by atoms with Crippen LogP contribution in [0.25, 0.3) is 0 Å². The molecule has 5 heteroatoms. The average Bonchev–Trinajstić information content (AvgIpc) is 2.60. The van der Waals surface area contributed by atoms with Crippen LogP contribution in [0.3, 0.4) is 0 Å². The maximum Gasteiger partial charge on any atom is 0.338 e. The van der Waals surface area contributed by atoms with Gasteiger partial charge in [0.2, 0.25) is 0 Å². The van der Waals surface area contributed by atoms with E-state index in [0.717, 1.165) is 0 Å². The smallest absolute Gasteiger partial charge is 0.338 e. The zero-order valence-electron chi connectivity index (χ0n) is 13.3. The summed E-state index contributed by atoms with van der Waals surface area (Å²) in [6.07, 6.45) is 0. The molecule has 0 aromatic heterocycles. The highest BCUT2D eigenvalue weighted by atomic mass is 16.5. The topological polar surface area (TPSA) is 72.8 Å². The van der Waals surface area contributed by atoms with Crippen LogP contribution in [0.1, 0.15) is 22.8 Å². The highest BCUT2D eigenvalue weighted by molar-refractivity contribution is 6.10. The summed E-state index contributed by atoms with van der Waals surface area (Å²) in [5.41, 5.74) is 1.10. The summed E-state index contributed by atoms with van der Waals surface area (Å²) in [7, 11) is 0. The van der Waals surface area contributed by atoms with Crippen LogP contribution >= 0.6 is 0 Å². The second-order valence-electron chi connectivity index (χ2n) is 5.10. The third-order valence-corrected chi connectivity index (χ3v) is 3.14. The van der Waals surface area contributed by atoms with Gasteiger partial charge in [-0.3, -0.25) is 4.79 Å². The van der Waals surface area contributed by atoms with E-state index >= 15 is 0 Å². The molecule has 0 bridgehead atoms. The molecule has 2 aromatic carbocycles. The lowest BCUT2D eigenvalue weighted by Crippen LogP contribution is -2.11. The number of carbonyl (C=O) groups excluding carboxylic acids is 2. The summed E-state index contributed by atoms with van der Waals surface area (Å²) >= 11 is 0. The van der Waals surface area contributed by atoms with Crippen molar-refractivity contribution >= 4 is 11.8 Å². The van der Waals surface area contributed by atoms with E-state index < -0.39 is 5.97 Å². The molecule has 0 aliphatic heterocycles. The molecule has 0 aliphatic carbocycles. The first-order valence-electron chi connectivity index (χ1n) is 7.38. The molecule has 1 N–H and O–H groups in total. The minimum absolute atomic E-state index is 0.0208. The number of rotatable bonds is 7. The zero-order chi connectivity index (χ0) is 17.5. The van der Waals surface area contributed by atoms with Gasteiger partial charge in [0.25, 0.3) is 0 Å². The lowest BCUT2D eigenvalue weighted by Gasteiger charge is -2.12. The summed E-state index contributed by atoms with van der Waals surface area (Å²) in [5.74, 6) is -0.308. The average molecular weight is 326 g/mol. The summed E-state index contributed by atoms with van der Waals surface area (Å²) < 4.78 is 10.6. The maximum atomic E-state index is 12.6. The van der Waals surface area contributed by atoms with Crippen LogP contribution in [0.5, 0.6) is 11.5 Å².